The van der Waals surface area contributed by atoms with Crippen LogP contribution in [0, 0.1) is 0 Å². The fourth-order valence-corrected chi connectivity index (χ4v) is 2.30. The highest BCUT2D eigenvalue weighted by molar-refractivity contribution is 6.30. The molecule has 0 radical (unpaired) electrons. The Balaban J connectivity index is 0.00000161. The molecule has 21 heavy (non-hydrogen) atoms. The zero-order valence-corrected chi connectivity index (χ0v) is 13.5. The average molecular weight is 363 g/mol. The number of Topliss-reactive ketones (excluding diaryl/α,β-unsaturated/α-hetero) is 1. The molecular weight excluding hydrogens is 350 g/mol. The van der Waals surface area contributed by atoms with E-state index in [1.807, 2.05) is 41.2 Å². The number of aromatic nitrogens is 1. The Morgan fingerprint density at radius 2 is 1.62 bits per heavy atom. The summed E-state index contributed by atoms with van der Waals surface area (Å²) in [5, 5.41) is 2.93. The summed E-state index contributed by atoms with van der Waals surface area (Å²) in [6.07, 6.45) is 3.92. The maximum absolute atomic E-state index is 12.2. The summed E-state index contributed by atoms with van der Waals surface area (Å²) in [5.41, 5.74) is 0.676. The van der Waals surface area contributed by atoms with E-state index >= 15 is 0 Å². The second-order valence-corrected chi connectivity index (χ2v) is 5.11. The van der Waals surface area contributed by atoms with E-state index in [9.17, 15) is 4.79 Å². The Morgan fingerprint density at radius 3 is 2.33 bits per heavy atom. The van der Waals surface area contributed by atoms with Gasteiger partial charge in [-0.25, -0.2) is 0 Å². The van der Waals surface area contributed by atoms with Crippen molar-refractivity contribution >= 4 is 28.2 Å². The maximum Gasteiger partial charge on any atom is 0.227 e. The van der Waals surface area contributed by atoms with Gasteiger partial charge in [-0.2, -0.15) is 4.57 Å². The van der Waals surface area contributed by atoms with Gasteiger partial charge in [-0.3, -0.25) is 4.79 Å². The first-order valence-electron chi connectivity index (χ1n) is 6.39. The van der Waals surface area contributed by atoms with E-state index in [1.165, 1.54) is 5.39 Å². The Hall–Kier alpha value is -1.71. The number of hydrogen-bond acceptors (Lipinski definition) is 1. The molecule has 1 heterocycles. The molecule has 0 bridgehead atoms. The van der Waals surface area contributed by atoms with Crippen molar-refractivity contribution in [3.63, 3.8) is 0 Å². The summed E-state index contributed by atoms with van der Waals surface area (Å²) < 4.78 is 1.90. The lowest BCUT2D eigenvalue weighted by Gasteiger charge is -2.00. The van der Waals surface area contributed by atoms with Gasteiger partial charge in [-0.15, -0.1) is 0 Å². The van der Waals surface area contributed by atoms with E-state index in [0.717, 1.165) is 5.39 Å². The normalized spacial score (nSPS) is 10.1. The van der Waals surface area contributed by atoms with Crippen molar-refractivity contribution in [2.75, 3.05) is 0 Å². The Bertz CT molecular complexity index is 771. The van der Waals surface area contributed by atoms with Gasteiger partial charge in [0.15, 0.2) is 12.4 Å². The summed E-state index contributed by atoms with van der Waals surface area (Å²) in [4.78, 5) is 12.2. The van der Waals surface area contributed by atoms with Crippen LogP contribution in [0.1, 0.15) is 10.4 Å². The lowest BCUT2D eigenvalue weighted by Crippen LogP contribution is -3.00. The number of hydrogen-bond donors (Lipinski definition) is 0. The first kappa shape index (κ1) is 15.7. The van der Waals surface area contributed by atoms with Crippen molar-refractivity contribution in [3.05, 3.63) is 77.6 Å². The summed E-state index contributed by atoms with van der Waals surface area (Å²) >= 11 is 5.83. The van der Waals surface area contributed by atoms with Crippen LogP contribution in [-0.4, -0.2) is 5.78 Å². The van der Waals surface area contributed by atoms with Crippen molar-refractivity contribution in [2.24, 2.45) is 0 Å². The van der Waals surface area contributed by atoms with Gasteiger partial charge in [-0.05, 0) is 35.7 Å². The van der Waals surface area contributed by atoms with Gasteiger partial charge in [0.2, 0.25) is 12.3 Å². The van der Waals surface area contributed by atoms with Crippen LogP contribution in [0.25, 0.3) is 10.8 Å². The van der Waals surface area contributed by atoms with Crippen LogP contribution in [-0.2, 0) is 6.54 Å². The van der Waals surface area contributed by atoms with Gasteiger partial charge in [0.25, 0.3) is 0 Å². The molecule has 0 spiro atoms. The summed E-state index contributed by atoms with van der Waals surface area (Å²) in [6, 6.07) is 17.1. The van der Waals surface area contributed by atoms with Crippen LogP contribution in [0.15, 0.2) is 67.0 Å². The largest absolute Gasteiger partial charge is 1.00 e. The third kappa shape index (κ3) is 3.69. The van der Waals surface area contributed by atoms with Crippen molar-refractivity contribution in [1.29, 1.82) is 0 Å². The zero-order valence-electron chi connectivity index (χ0n) is 11.2. The molecule has 0 saturated heterocycles. The van der Waals surface area contributed by atoms with Gasteiger partial charge >= 0.3 is 0 Å². The van der Waals surface area contributed by atoms with E-state index in [-0.39, 0.29) is 22.8 Å². The second kappa shape index (κ2) is 6.83. The van der Waals surface area contributed by atoms with Crippen LogP contribution >= 0.6 is 11.6 Å². The van der Waals surface area contributed by atoms with E-state index in [1.54, 1.807) is 24.3 Å². The molecule has 2 aromatic carbocycles. The molecule has 0 saturated carbocycles. The minimum Gasteiger partial charge on any atom is -1.00 e. The highest BCUT2D eigenvalue weighted by atomic mass is 79.9. The van der Waals surface area contributed by atoms with Crippen molar-refractivity contribution in [3.8, 4) is 0 Å². The predicted molar refractivity (Wildman–Crippen MR) is 79.9 cm³/mol. The van der Waals surface area contributed by atoms with Gasteiger partial charge in [-0.1, -0.05) is 29.8 Å². The molecule has 0 fully saturated rings. The number of halogens is 2. The number of carbonyl (C=O) groups is 1. The third-order valence-corrected chi connectivity index (χ3v) is 3.49. The third-order valence-electron chi connectivity index (χ3n) is 3.24. The number of pyridine rings is 1. The number of carbonyl (C=O) groups excluding carboxylic acids is 1. The smallest absolute Gasteiger partial charge is 0.227 e. The first-order chi connectivity index (χ1) is 9.72. The van der Waals surface area contributed by atoms with Crippen molar-refractivity contribution < 1.29 is 26.3 Å². The lowest BCUT2D eigenvalue weighted by atomic mass is 10.1. The molecule has 0 atom stereocenters. The molecule has 0 aliphatic heterocycles. The standard InChI is InChI=1S/C17H13ClNO.BrH/c18-16-7-5-14(6-8-16)17(20)12-19-10-9-13-3-1-2-4-15(13)11-19;/h1-11H,12H2;1H/q+1;/p-1. The van der Waals surface area contributed by atoms with Crippen molar-refractivity contribution in [1.82, 2.24) is 0 Å². The van der Waals surface area contributed by atoms with Crippen LogP contribution in [0.3, 0.4) is 0 Å². The van der Waals surface area contributed by atoms with Crippen molar-refractivity contribution in [2.45, 2.75) is 6.54 Å². The van der Waals surface area contributed by atoms with Gasteiger partial charge in [0.1, 0.15) is 0 Å². The van der Waals surface area contributed by atoms with E-state index in [0.29, 0.717) is 17.1 Å². The maximum atomic E-state index is 12.2. The van der Waals surface area contributed by atoms with Gasteiger partial charge < -0.3 is 17.0 Å². The Labute approximate surface area is 138 Å². The summed E-state index contributed by atoms with van der Waals surface area (Å²) in [7, 11) is 0. The minimum atomic E-state index is 0. The minimum absolute atomic E-state index is 0. The Kier molecular flexibility index (Phi) is 5.10. The molecule has 0 unspecified atom stereocenters. The number of nitrogens with zero attached hydrogens (tertiary/aromatic N) is 1. The van der Waals surface area contributed by atoms with Crippen LogP contribution in [0.2, 0.25) is 5.02 Å². The number of rotatable bonds is 3. The molecule has 0 aliphatic carbocycles. The molecule has 3 rings (SSSR count). The first-order valence-corrected chi connectivity index (χ1v) is 6.77. The van der Waals surface area contributed by atoms with Crippen LogP contribution in [0.4, 0.5) is 0 Å². The molecule has 0 N–H and O–H groups in total. The summed E-state index contributed by atoms with van der Waals surface area (Å²) in [5.74, 6) is 0.0712. The van der Waals surface area contributed by atoms with E-state index < -0.39 is 0 Å². The highest BCUT2D eigenvalue weighted by Crippen LogP contribution is 2.11. The second-order valence-electron chi connectivity index (χ2n) is 4.68. The predicted octanol–water partition coefficient (Wildman–Crippen LogP) is 0.668. The zero-order chi connectivity index (χ0) is 13.9. The fraction of sp³-hybridized carbons (Fsp3) is 0.0588. The molecule has 0 amide bonds. The lowest BCUT2D eigenvalue weighted by molar-refractivity contribution is -0.681. The van der Waals surface area contributed by atoms with Crippen LogP contribution < -0.4 is 21.5 Å². The monoisotopic (exact) mass is 361 g/mol. The molecule has 0 aliphatic rings. The Morgan fingerprint density at radius 1 is 0.952 bits per heavy atom. The molecule has 4 heteroatoms. The molecule has 1 aromatic heterocycles. The molecule has 106 valence electrons. The van der Waals surface area contributed by atoms with Crippen LogP contribution in [0.5, 0.6) is 0 Å². The molecule has 3 aromatic rings. The number of benzene rings is 2. The number of fused-ring (bicyclic) bond motifs is 1. The van der Waals surface area contributed by atoms with Gasteiger partial charge in [0, 0.05) is 22.0 Å². The van der Waals surface area contributed by atoms with E-state index in [2.05, 4.69) is 6.07 Å². The average Bonchev–Trinajstić information content (AvgIpc) is 2.48. The van der Waals surface area contributed by atoms with E-state index in [4.69, 9.17) is 11.6 Å². The molecular formula is C17H13BrClNO. The highest BCUT2D eigenvalue weighted by Gasteiger charge is 2.12. The summed E-state index contributed by atoms with van der Waals surface area (Å²) in [6.45, 7) is 0.326. The molecule has 2 nitrogen and oxygen atoms in total. The van der Waals surface area contributed by atoms with Gasteiger partial charge in [0.05, 0.1) is 0 Å². The SMILES string of the molecule is O=C(C[n+]1ccc2ccccc2c1)c1ccc(Cl)cc1.[Br-]. The topological polar surface area (TPSA) is 20.9 Å². The quantitative estimate of drug-likeness (QED) is 0.495. The number of ketones is 1. The fourth-order valence-electron chi connectivity index (χ4n) is 2.17.